The van der Waals surface area contributed by atoms with Gasteiger partial charge in [0.25, 0.3) is 0 Å². The van der Waals surface area contributed by atoms with Crippen molar-refractivity contribution in [2.45, 2.75) is 50.4 Å². The smallest absolute Gasteiger partial charge is 0.328 e. The van der Waals surface area contributed by atoms with Gasteiger partial charge in [0.15, 0.2) is 0 Å². The van der Waals surface area contributed by atoms with Crippen LogP contribution in [0.3, 0.4) is 0 Å². The van der Waals surface area contributed by atoms with Crippen molar-refractivity contribution in [1.29, 1.82) is 0 Å². The molecule has 0 saturated heterocycles. The Morgan fingerprint density at radius 3 is 2.27 bits per heavy atom. The van der Waals surface area contributed by atoms with Crippen LogP contribution in [0.15, 0.2) is 30.3 Å². The van der Waals surface area contributed by atoms with Crippen LogP contribution in [-0.4, -0.2) is 55.8 Å². The van der Waals surface area contributed by atoms with Gasteiger partial charge >= 0.3 is 11.9 Å². The molecule has 2 atom stereocenters. The number of hydrogen-bond donors (Lipinski definition) is 2. The van der Waals surface area contributed by atoms with Crippen LogP contribution in [0.5, 0.6) is 0 Å². The third-order valence-corrected chi connectivity index (χ3v) is 5.30. The molecule has 0 aliphatic rings. The molecule has 0 aliphatic heterocycles. The zero-order valence-electron chi connectivity index (χ0n) is 17.6. The topological polar surface area (TPSA) is 111 Å². The molecule has 0 saturated carbocycles. The van der Waals surface area contributed by atoms with Crippen LogP contribution in [0.4, 0.5) is 0 Å². The van der Waals surface area contributed by atoms with E-state index in [1.807, 2.05) is 37.3 Å². The molecule has 0 radical (unpaired) electrons. The highest BCUT2D eigenvalue weighted by atomic mass is 32.2. The minimum absolute atomic E-state index is 0.0396. The summed E-state index contributed by atoms with van der Waals surface area (Å²) in [5, 5.41) is 5.32. The van der Waals surface area contributed by atoms with E-state index in [0.29, 0.717) is 24.3 Å². The van der Waals surface area contributed by atoms with Crippen LogP contribution in [0.1, 0.15) is 38.2 Å². The Morgan fingerprint density at radius 2 is 1.67 bits per heavy atom. The Bertz CT molecular complexity index is 698. The van der Waals surface area contributed by atoms with E-state index in [2.05, 4.69) is 15.4 Å². The molecule has 1 aromatic carbocycles. The van der Waals surface area contributed by atoms with Gasteiger partial charge in [-0.3, -0.25) is 14.4 Å². The third kappa shape index (κ3) is 9.78. The molecule has 0 aromatic heterocycles. The van der Waals surface area contributed by atoms with E-state index in [0.717, 1.165) is 5.56 Å². The fraction of sp³-hybridized carbons (Fsp3) is 0.524. The number of hydrogen-bond acceptors (Lipinski definition) is 7. The van der Waals surface area contributed by atoms with Gasteiger partial charge in [0.2, 0.25) is 11.8 Å². The molecule has 9 heteroatoms. The first kappa shape index (κ1) is 25.5. The lowest BCUT2D eigenvalue weighted by molar-refractivity contribution is -0.146. The first-order valence-corrected chi connectivity index (χ1v) is 10.9. The average molecular weight is 439 g/mol. The molecule has 0 unspecified atom stereocenters. The molecular weight excluding hydrogens is 408 g/mol. The summed E-state index contributed by atoms with van der Waals surface area (Å²) in [5.41, 5.74) is 1.10. The Balaban J connectivity index is 2.77. The summed E-state index contributed by atoms with van der Waals surface area (Å²) in [6.45, 7) is 1.87. The van der Waals surface area contributed by atoms with Gasteiger partial charge in [0.1, 0.15) is 12.1 Å². The third-order valence-electron chi connectivity index (χ3n) is 4.19. The molecule has 8 nitrogen and oxygen atoms in total. The Labute approximate surface area is 181 Å². The van der Waals surface area contributed by atoms with Gasteiger partial charge in [0.05, 0.1) is 14.2 Å². The Morgan fingerprint density at radius 1 is 0.967 bits per heavy atom. The van der Waals surface area contributed by atoms with E-state index in [1.54, 1.807) is 0 Å². The van der Waals surface area contributed by atoms with Crippen molar-refractivity contribution in [1.82, 2.24) is 10.6 Å². The molecule has 0 bridgehead atoms. The summed E-state index contributed by atoms with van der Waals surface area (Å²) in [6.07, 6.45) is 0.946. The SMILES string of the molecule is CCCC(=O)N[C@H](CSCc1ccccc1)C(=O)N[C@@H](CCC(=O)OC)C(=O)OC. The van der Waals surface area contributed by atoms with Crippen molar-refractivity contribution in [2.75, 3.05) is 20.0 Å². The molecule has 0 heterocycles. The van der Waals surface area contributed by atoms with Gasteiger partial charge in [-0.25, -0.2) is 4.79 Å². The van der Waals surface area contributed by atoms with E-state index < -0.39 is 29.9 Å². The van der Waals surface area contributed by atoms with Crippen LogP contribution >= 0.6 is 11.8 Å². The molecule has 1 aromatic rings. The highest BCUT2D eigenvalue weighted by Crippen LogP contribution is 2.13. The van der Waals surface area contributed by atoms with Crippen LogP contribution in [-0.2, 0) is 34.4 Å². The number of esters is 2. The predicted molar refractivity (Wildman–Crippen MR) is 115 cm³/mol. The highest BCUT2D eigenvalue weighted by Gasteiger charge is 2.27. The van der Waals surface area contributed by atoms with Crippen molar-refractivity contribution in [3.8, 4) is 0 Å². The number of rotatable bonds is 13. The number of methoxy groups -OCH3 is 2. The second-order valence-corrected chi connectivity index (χ2v) is 7.60. The van der Waals surface area contributed by atoms with Crippen LogP contribution in [0.2, 0.25) is 0 Å². The molecular formula is C21H30N2O6S. The van der Waals surface area contributed by atoms with Crippen LogP contribution in [0, 0.1) is 0 Å². The Hall–Kier alpha value is -2.55. The summed E-state index contributed by atoms with van der Waals surface area (Å²) < 4.78 is 9.30. The van der Waals surface area contributed by atoms with Crippen molar-refractivity contribution >= 4 is 35.5 Å². The van der Waals surface area contributed by atoms with E-state index in [1.165, 1.54) is 26.0 Å². The van der Waals surface area contributed by atoms with Gasteiger partial charge in [-0.05, 0) is 18.4 Å². The standard InChI is InChI=1S/C21H30N2O6S/c1-4-8-18(24)22-17(14-30-13-15-9-6-5-7-10-15)20(26)23-16(21(27)29-3)11-12-19(25)28-2/h5-7,9-10,16-17H,4,8,11-14H2,1-3H3,(H,22,24)(H,23,26)/t16-,17+/m0/s1. The van der Waals surface area contributed by atoms with E-state index in [4.69, 9.17) is 4.74 Å². The zero-order chi connectivity index (χ0) is 22.4. The number of thioether (sulfide) groups is 1. The van der Waals surface area contributed by atoms with E-state index in [9.17, 15) is 19.2 Å². The lowest BCUT2D eigenvalue weighted by Gasteiger charge is -2.22. The number of carbonyl (C=O) groups excluding carboxylic acids is 4. The average Bonchev–Trinajstić information content (AvgIpc) is 2.75. The maximum absolute atomic E-state index is 12.8. The molecule has 166 valence electrons. The fourth-order valence-electron chi connectivity index (χ4n) is 2.57. The molecule has 0 aliphatic carbocycles. The molecule has 0 spiro atoms. The van der Waals surface area contributed by atoms with Crippen molar-refractivity contribution in [3.63, 3.8) is 0 Å². The van der Waals surface area contributed by atoms with Crippen molar-refractivity contribution < 1.29 is 28.7 Å². The number of carbonyl (C=O) groups is 4. The van der Waals surface area contributed by atoms with Crippen molar-refractivity contribution in [2.24, 2.45) is 0 Å². The van der Waals surface area contributed by atoms with E-state index >= 15 is 0 Å². The minimum atomic E-state index is -1.01. The lowest BCUT2D eigenvalue weighted by atomic mass is 10.1. The van der Waals surface area contributed by atoms with Gasteiger partial charge in [0, 0.05) is 24.3 Å². The number of nitrogens with one attached hydrogen (secondary N) is 2. The molecule has 2 N–H and O–H groups in total. The van der Waals surface area contributed by atoms with Gasteiger partial charge < -0.3 is 20.1 Å². The lowest BCUT2D eigenvalue weighted by Crippen LogP contribution is -2.53. The molecule has 1 rings (SSSR count). The van der Waals surface area contributed by atoms with Gasteiger partial charge in [-0.15, -0.1) is 0 Å². The highest BCUT2D eigenvalue weighted by molar-refractivity contribution is 7.98. The van der Waals surface area contributed by atoms with Gasteiger partial charge in [-0.2, -0.15) is 11.8 Å². The van der Waals surface area contributed by atoms with Gasteiger partial charge in [-0.1, -0.05) is 37.3 Å². The molecule has 0 fully saturated rings. The summed E-state index contributed by atoms with van der Waals surface area (Å²) in [6, 6.07) is 7.94. The number of ether oxygens (including phenoxy) is 2. The number of benzene rings is 1. The minimum Gasteiger partial charge on any atom is -0.469 e. The summed E-state index contributed by atoms with van der Waals surface area (Å²) in [7, 11) is 2.45. The monoisotopic (exact) mass is 438 g/mol. The van der Waals surface area contributed by atoms with Crippen LogP contribution in [0.25, 0.3) is 0 Å². The second-order valence-electron chi connectivity index (χ2n) is 6.57. The Kier molecular flexibility index (Phi) is 12.3. The first-order valence-electron chi connectivity index (χ1n) is 9.77. The maximum atomic E-state index is 12.8. The first-order chi connectivity index (χ1) is 14.4. The fourth-order valence-corrected chi connectivity index (χ4v) is 3.59. The summed E-state index contributed by atoms with van der Waals surface area (Å²) >= 11 is 1.50. The largest absolute Gasteiger partial charge is 0.469 e. The molecule has 2 amide bonds. The quantitative estimate of drug-likeness (QED) is 0.452. The summed E-state index contributed by atoms with van der Waals surface area (Å²) in [5.74, 6) is -0.882. The van der Waals surface area contributed by atoms with E-state index in [-0.39, 0.29) is 18.7 Å². The second kappa shape index (κ2) is 14.4. The number of amides is 2. The predicted octanol–water partition coefficient (Wildman–Crippen LogP) is 1.82. The summed E-state index contributed by atoms with van der Waals surface area (Å²) in [4.78, 5) is 48.3. The molecule has 30 heavy (non-hydrogen) atoms. The zero-order valence-corrected chi connectivity index (χ0v) is 18.5. The normalized spacial score (nSPS) is 12.4. The van der Waals surface area contributed by atoms with Crippen molar-refractivity contribution in [3.05, 3.63) is 35.9 Å². The maximum Gasteiger partial charge on any atom is 0.328 e. The van der Waals surface area contributed by atoms with Crippen LogP contribution < -0.4 is 10.6 Å².